The quantitative estimate of drug-likeness (QED) is 0.185. The molecular weight excluding hydrogens is 508 g/mol. The lowest BCUT2D eigenvalue weighted by molar-refractivity contribution is -0.384. The minimum Gasteiger partial charge on any atom is -0.381 e. The maximum Gasteiger partial charge on any atom is 0.292 e. The smallest absolute Gasteiger partial charge is 0.292 e. The maximum atomic E-state index is 11.8. The van der Waals surface area contributed by atoms with E-state index in [0.717, 1.165) is 22.5 Å². The SMILES string of the molecule is O=[N+]([O-])c1ccc(N2CCN(c3cc(NCc4ccccc4)ccc3[N+](=O)[O-])CC2)cc1NCc1ccccc1. The Hall–Kier alpha value is -5.12. The molecule has 4 aromatic rings. The van der Waals surface area contributed by atoms with E-state index in [1.807, 2.05) is 77.7 Å². The van der Waals surface area contributed by atoms with E-state index in [-0.39, 0.29) is 21.2 Å². The number of nitrogens with one attached hydrogen (secondary N) is 2. The molecule has 0 aliphatic carbocycles. The van der Waals surface area contributed by atoms with Crippen molar-refractivity contribution in [2.45, 2.75) is 13.1 Å². The normalized spacial score (nSPS) is 13.1. The molecule has 4 aromatic carbocycles. The molecular formula is C30H30N6O4. The van der Waals surface area contributed by atoms with Crippen LogP contribution in [-0.4, -0.2) is 36.0 Å². The molecule has 0 spiro atoms. The summed E-state index contributed by atoms with van der Waals surface area (Å²) in [6, 6.07) is 29.9. The minimum absolute atomic E-state index is 0.0220. The third-order valence-corrected chi connectivity index (χ3v) is 7.00. The van der Waals surface area contributed by atoms with E-state index in [1.165, 1.54) is 6.07 Å². The molecule has 10 heteroatoms. The van der Waals surface area contributed by atoms with Crippen LogP contribution in [0.25, 0.3) is 0 Å². The first-order valence-corrected chi connectivity index (χ1v) is 13.1. The fourth-order valence-electron chi connectivity index (χ4n) is 4.86. The number of hydrogen-bond donors (Lipinski definition) is 2. The van der Waals surface area contributed by atoms with Gasteiger partial charge in [-0.05, 0) is 35.4 Å². The predicted molar refractivity (Wildman–Crippen MR) is 158 cm³/mol. The number of piperazine rings is 1. The van der Waals surface area contributed by atoms with E-state index >= 15 is 0 Å². The van der Waals surface area contributed by atoms with Crippen LogP contribution in [-0.2, 0) is 13.1 Å². The Bertz CT molecular complexity index is 1470. The molecule has 1 fully saturated rings. The Labute approximate surface area is 232 Å². The molecule has 40 heavy (non-hydrogen) atoms. The zero-order valence-corrected chi connectivity index (χ0v) is 21.9. The first kappa shape index (κ1) is 26.5. The molecule has 204 valence electrons. The average Bonchev–Trinajstić information content (AvgIpc) is 2.99. The van der Waals surface area contributed by atoms with Gasteiger partial charge in [0.05, 0.1) is 9.85 Å². The number of nitro groups is 2. The standard InChI is InChI=1S/C30H30N6O4/c37-35(38)28-14-12-26(20-27(28)32-22-24-9-5-2-6-10-24)33-15-17-34(18-16-33)30-19-25(11-13-29(30)36(39)40)31-21-23-7-3-1-4-8-23/h1-14,19-20,31-32H,15-18,21-22H2. The highest BCUT2D eigenvalue weighted by molar-refractivity contribution is 5.72. The van der Waals surface area contributed by atoms with Gasteiger partial charge in [0.2, 0.25) is 0 Å². The topological polar surface area (TPSA) is 117 Å². The summed E-state index contributed by atoms with van der Waals surface area (Å²) in [5, 5.41) is 30.0. The summed E-state index contributed by atoms with van der Waals surface area (Å²) in [5.74, 6) is 0. The molecule has 1 aliphatic heterocycles. The zero-order chi connectivity index (χ0) is 27.9. The van der Waals surface area contributed by atoms with Gasteiger partial charge in [-0.1, -0.05) is 60.7 Å². The van der Waals surface area contributed by atoms with Crippen molar-refractivity contribution in [3.8, 4) is 0 Å². The highest BCUT2D eigenvalue weighted by atomic mass is 16.6. The van der Waals surface area contributed by atoms with Crippen LogP contribution in [0, 0.1) is 20.2 Å². The van der Waals surface area contributed by atoms with Crippen molar-refractivity contribution >= 4 is 34.1 Å². The average molecular weight is 539 g/mol. The third-order valence-electron chi connectivity index (χ3n) is 7.00. The zero-order valence-electron chi connectivity index (χ0n) is 21.9. The van der Waals surface area contributed by atoms with Crippen molar-refractivity contribution in [2.75, 3.05) is 46.6 Å². The molecule has 1 heterocycles. The van der Waals surface area contributed by atoms with Gasteiger partial charge in [-0.25, -0.2) is 0 Å². The molecule has 1 aliphatic rings. The van der Waals surface area contributed by atoms with Crippen LogP contribution < -0.4 is 20.4 Å². The Morgan fingerprint density at radius 3 is 1.77 bits per heavy atom. The molecule has 0 amide bonds. The van der Waals surface area contributed by atoms with Gasteiger partial charge in [0.15, 0.2) is 0 Å². The van der Waals surface area contributed by atoms with Gasteiger partial charge < -0.3 is 20.4 Å². The summed E-state index contributed by atoms with van der Waals surface area (Å²) >= 11 is 0. The maximum absolute atomic E-state index is 11.8. The molecule has 0 bridgehead atoms. The lowest BCUT2D eigenvalue weighted by Gasteiger charge is -2.37. The second-order valence-electron chi connectivity index (χ2n) is 9.57. The Balaban J connectivity index is 1.29. The number of nitrogens with zero attached hydrogens (tertiary/aromatic N) is 4. The number of rotatable bonds is 10. The van der Waals surface area contributed by atoms with Gasteiger partial charge in [-0.2, -0.15) is 0 Å². The summed E-state index contributed by atoms with van der Waals surface area (Å²) in [4.78, 5) is 26.9. The first-order chi connectivity index (χ1) is 19.5. The van der Waals surface area contributed by atoms with Crippen molar-refractivity contribution in [2.24, 2.45) is 0 Å². The summed E-state index contributed by atoms with van der Waals surface area (Å²) < 4.78 is 0. The van der Waals surface area contributed by atoms with Crippen LogP contribution >= 0.6 is 0 Å². The molecule has 5 rings (SSSR count). The van der Waals surface area contributed by atoms with E-state index in [2.05, 4.69) is 15.5 Å². The molecule has 1 saturated heterocycles. The van der Waals surface area contributed by atoms with Crippen LogP contribution in [0.15, 0.2) is 97.1 Å². The second kappa shape index (κ2) is 12.2. The second-order valence-corrected chi connectivity index (χ2v) is 9.57. The Morgan fingerprint density at radius 2 is 1.18 bits per heavy atom. The molecule has 10 nitrogen and oxygen atoms in total. The van der Waals surface area contributed by atoms with Gasteiger partial charge in [0, 0.05) is 62.8 Å². The number of nitro benzene ring substituents is 2. The predicted octanol–water partition coefficient (Wildman–Crippen LogP) is 6.05. The highest BCUT2D eigenvalue weighted by Gasteiger charge is 2.25. The fourth-order valence-corrected chi connectivity index (χ4v) is 4.86. The number of benzene rings is 4. The van der Waals surface area contributed by atoms with E-state index < -0.39 is 0 Å². The van der Waals surface area contributed by atoms with E-state index in [4.69, 9.17) is 0 Å². The van der Waals surface area contributed by atoms with Crippen molar-refractivity contribution in [3.63, 3.8) is 0 Å². The minimum atomic E-state index is -0.382. The fraction of sp³-hybridized carbons (Fsp3) is 0.200. The van der Waals surface area contributed by atoms with Crippen LogP contribution in [0.3, 0.4) is 0 Å². The molecule has 0 saturated carbocycles. The molecule has 0 aromatic heterocycles. The third kappa shape index (κ3) is 6.29. The number of hydrogen-bond acceptors (Lipinski definition) is 8. The van der Waals surface area contributed by atoms with Gasteiger partial charge in [-0.3, -0.25) is 20.2 Å². The van der Waals surface area contributed by atoms with Crippen molar-refractivity contribution in [1.29, 1.82) is 0 Å². The van der Waals surface area contributed by atoms with Crippen molar-refractivity contribution in [3.05, 3.63) is 128 Å². The molecule has 0 unspecified atom stereocenters. The van der Waals surface area contributed by atoms with Gasteiger partial charge in [0.25, 0.3) is 11.4 Å². The lowest BCUT2D eigenvalue weighted by Crippen LogP contribution is -2.46. The van der Waals surface area contributed by atoms with Crippen molar-refractivity contribution < 1.29 is 9.85 Å². The summed E-state index contributed by atoms with van der Waals surface area (Å²) in [6.45, 7) is 3.48. The van der Waals surface area contributed by atoms with Crippen LogP contribution in [0.4, 0.5) is 34.1 Å². The Kier molecular flexibility index (Phi) is 8.05. The van der Waals surface area contributed by atoms with Gasteiger partial charge in [-0.15, -0.1) is 0 Å². The molecule has 0 radical (unpaired) electrons. The lowest BCUT2D eigenvalue weighted by atomic mass is 10.1. The van der Waals surface area contributed by atoms with Crippen molar-refractivity contribution in [1.82, 2.24) is 0 Å². The van der Waals surface area contributed by atoms with E-state index in [1.54, 1.807) is 18.2 Å². The largest absolute Gasteiger partial charge is 0.381 e. The first-order valence-electron chi connectivity index (χ1n) is 13.1. The summed E-state index contributed by atoms with van der Waals surface area (Å²) in [5.41, 5.74) is 4.97. The number of anilines is 4. The van der Waals surface area contributed by atoms with Crippen LogP contribution in [0.5, 0.6) is 0 Å². The molecule has 0 atom stereocenters. The Morgan fingerprint density at radius 1 is 0.625 bits per heavy atom. The highest BCUT2D eigenvalue weighted by Crippen LogP contribution is 2.34. The monoisotopic (exact) mass is 538 g/mol. The van der Waals surface area contributed by atoms with E-state index in [9.17, 15) is 20.2 Å². The molecule has 2 N–H and O–H groups in total. The van der Waals surface area contributed by atoms with Crippen LogP contribution in [0.2, 0.25) is 0 Å². The summed E-state index contributed by atoms with van der Waals surface area (Å²) in [6.07, 6.45) is 0. The summed E-state index contributed by atoms with van der Waals surface area (Å²) in [7, 11) is 0. The van der Waals surface area contributed by atoms with Gasteiger partial charge >= 0.3 is 0 Å². The van der Waals surface area contributed by atoms with E-state index in [0.29, 0.717) is 50.6 Å². The van der Waals surface area contributed by atoms with Gasteiger partial charge in [0.1, 0.15) is 11.4 Å². The van der Waals surface area contributed by atoms with Crippen LogP contribution in [0.1, 0.15) is 11.1 Å².